The second kappa shape index (κ2) is 25.4. The van der Waals surface area contributed by atoms with Gasteiger partial charge in [0.2, 0.25) is 0 Å². The van der Waals surface area contributed by atoms with Gasteiger partial charge in [-0.25, -0.2) is 0 Å². The van der Waals surface area contributed by atoms with Crippen molar-refractivity contribution in [1.29, 1.82) is 0 Å². The number of unbranched alkanes of at least 4 members (excludes halogenated alkanes) is 20. The minimum Gasteiger partial charge on any atom is -0.481 e. The maximum Gasteiger partial charge on any atom is 0.303 e. The van der Waals surface area contributed by atoms with Gasteiger partial charge in [-0.3, -0.25) is 9.59 Å². The number of carboxylic acid groups (broad SMARTS) is 1. The first-order chi connectivity index (χ1) is 15.2. The topological polar surface area (TPSA) is 54.4 Å². The molecule has 0 fully saturated rings. The summed E-state index contributed by atoms with van der Waals surface area (Å²) in [6, 6.07) is 0. The van der Waals surface area contributed by atoms with E-state index in [0.29, 0.717) is 12.2 Å². The van der Waals surface area contributed by atoms with Gasteiger partial charge in [0, 0.05) is 19.3 Å². The second-order valence-corrected chi connectivity index (χ2v) is 9.61. The predicted molar refractivity (Wildman–Crippen MR) is 134 cm³/mol. The number of carboxylic acids is 1. The summed E-state index contributed by atoms with van der Waals surface area (Å²) in [6.45, 7) is 2.27. The molecule has 0 unspecified atom stereocenters. The van der Waals surface area contributed by atoms with E-state index in [1.165, 1.54) is 116 Å². The van der Waals surface area contributed by atoms with E-state index >= 15 is 0 Å². The Hall–Kier alpha value is -0.860. The zero-order valence-electron chi connectivity index (χ0n) is 20.9. The van der Waals surface area contributed by atoms with Gasteiger partial charge in [-0.2, -0.15) is 0 Å². The van der Waals surface area contributed by atoms with E-state index in [9.17, 15) is 9.59 Å². The molecule has 0 aliphatic rings. The molecule has 0 spiro atoms. The molecule has 1 N–H and O–H groups in total. The standard InChI is InChI=1S/C28H54O3/c1-2-3-4-5-6-7-9-12-15-18-21-24-27(29)25-22-19-16-13-10-8-11-14-17-20-23-26-28(30)31/h2-26H2,1H3,(H,30,31). The fourth-order valence-corrected chi connectivity index (χ4v) is 4.30. The van der Waals surface area contributed by atoms with Crippen LogP contribution in [0.15, 0.2) is 0 Å². The largest absolute Gasteiger partial charge is 0.481 e. The Bertz CT molecular complexity index is 392. The van der Waals surface area contributed by atoms with Crippen molar-refractivity contribution in [1.82, 2.24) is 0 Å². The molecule has 0 saturated carbocycles. The van der Waals surface area contributed by atoms with E-state index in [2.05, 4.69) is 6.92 Å². The summed E-state index contributed by atoms with van der Waals surface area (Å²) in [7, 11) is 0. The van der Waals surface area contributed by atoms with Crippen LogP contribution in [0.1, 0.15) is 167 Å². The summed E-state index contributed by atoms with van der Waals surface area (Å²) in [5.74, 6) is -0.186. The lowest BCUT2D eigenvalue weighted by atomic mass is 10.0. The zero-order valence-corrected chi connectivity index (χ0v) is 20.9. The molecular formula is C28H54O3. The number of ketones is 1. The Labute approximate surface area is 194 Å². The maximum absolute atomic E-state index is 12.0. The Morgan fingerprint density at radius 3 is 0.968 bits per heavy atom. The van der Waals surface area contributed by atoms with Crippen LogP contribution >= 0.6 is 0 Å². The van der Waals surface area contributed by atoms with Crippen molar-refractivity contribution in [3.63, 3.8) is 0 Å². The molecule has 0 atom stereocenters. The lowest BCUT2D eigenvalue weighted by Crippen LogP contribution is -1.97. The summed E-state index contributed by atoms with van der Waals surface area (Å²) in [4.78, 5) is 22.4. The number of hydrogen-bond donors (Lipinski definition) is 1. The molecule has 184 valence electrons. The molecule has 0 bridgehead atoms. The predicted octanol–water partition coefficient (Wildman–Crippen LogP) is 9.41. The van der Waals surface area contributed by atoms with Gasteiger partial charge in [0.05, 0.1) is 0 Å². The summed E-state index contributed by atoms with van der Waals surface area (Å²) in [5, 5.41) is 8.59. The number of Topliss-reactive ketones (excluding diaryl/α,β-unsaturated/α-hetero) is 1. The van der Waals surface area contributed by atoms with Gasteiger partial charge in [0.25, 0.3) is 0 Å². The van der Waals surface area contributed by atoms with Crippen molar-refractivity contribution in [2.24, 2.45) is 0 Å². The molecule has 0 aromatic heterocycles. The highest BCUT2D eigenvalue weighted by atomic mass is 16.4. The Morgan fingerprint density at radius 1 is 0.419 bits per heavy atom. The van der Waals surface area contributed by atoms with E-state index in [-0.39, 0.29) is 0 Å². The summed E-state index contributed by atoms with van der Waals surface area (Å²) >= 11 is 0. The number of rotatable bonds is 26. The first kappa shape index (κ1) is 30.1. The molecule has 0 aliphatic carbocycles. The Morgan fingerprint density at radius 2 is 0.677 bits per heavy atom. The van der Waals surface area contributed by atoms with Gasteiger partial charge < -0.3 is 5.11 Å². The van der Waals surface area contributed by atoms with Crippen LogP contribution in [0, 0.1) is 0 Å². The van der Waals surface area contributed by atoms with Crippen LogP contribution < -0.4 is 0 Å². The number of aliphatic carboxylic acids is 1. The van der Waals surface area contributed by atoms with Gasteiger partial charge >= 0.3 is 5.97 Å². The molecule has 0 heterocycles. The quantitative estimate of drug-likeness (QED) is 0.137. The van der Waals surface area contributed by atoms with Crippen LogP contribution in [0.25, 0.3) is 0 Å². The lowest BCUT2D eigenvalue weighted by Gasteiger charge is -2.04. The van der Waals surface area contributed by atoms with E-state index in [4.69, 9.17) is 5.11 Å². The molecule has 3 nitrogen and oxygen atoms in total. The summed E-state index contributed by atoms with van der Waals surface area (Å²) < 4.78 is 0. The van der Waals surface area contributed by atoms with Crippen molar-refractivity contribution in [3.05, 3.63) is 0 Å². The van der Waals surface area contributed by atoms with Crippen molar-refractivity contribution in [2.75, 3.05) is 0 Å². The highest BCUT2D eigenvalue weighted by molar-refractivity contribution is 5.78. The van der Waals surface area contributed by atoms with Gasteiger partial charge in [-0.15, -0.1) is 0 Å². The molecule has 3 heteroatoms. The molecule has 0 amide bonds. The molecule has 0 aliphatic heterocycles. The van der Waals surface area contributed by atoms with Crippen LogP contribution in [0.5, 0.6) is 0 Å². The van der Waals surface area contributed by atoms with Crippen LogP contribution in [-0.2, 0) is 9.59 Å². The van der Waals surface area contributed by atoms with Crippen LogP contribution in [0.3, 0.4) is 0 Å². The normalized spacial score (nSPS) is 11.1. The minimum absolute atomic E-state index is 0.321. The fourth-order valence-electron chi connectivity index (χ4n) is 4.30. The molecule has 0 aromatic rings. The first-order valence-corrected chi connectivity index (χ1v) is 13.9. The monoisotopic (exact) mass is 438 g/mol. The van der Waals surface area contributed by atoms with Gasteiger partial charge in [-0.1, -0.05) is 129 Å². The van der Waals surface area contributed by atoms with Crippen LogP contribution in [0.4, 0.5) is 0 Å². The number of carbonyl (C=O) groups excluding carboxylic acids is 1. The summed E-state index contributed by atoms with van der Waals surface area (Å²) in [6.07, 6.45) is 29.7. The summed E-state index contributed by atoms with van der Waals surface area (Å²) in [5.41, 5.74) is 0. The molecule has 31 heavy (non-hydrogen) atoms. The SMILES string of the molecule is CCCCCCCCCCCCCC(=O)CCCCCCCCCCCCCC(=O)O. The van der Waals surface area contributed by atoms with Gasteiger partial charge in [0.15, 0.2) is 0 Å². The average molecular weight is 439 g/mol. The van der Waals surface area contributed by atoms with Crippen LogP contribution in [0.2, 0.25) is 0 Å². The minimum atomic E-state index is -0.671. The Balaban J connectivity index is 3.16. The maximum atomic E-state index is 12.0. The molecule has 0 rings (SSSR count). The van der Waals surface area contributed by atoms with Crippen molar-refractivity contribution in [3.8, 4) is 0 Å². The smallest absolute Gasteiger partial charge is 0.303 e. The molecule has 0 radical (unpaired) electrons. The molecule has 0 aromatic carbocycles. The Kier molecular flexibility index (Phi) is 24.7. The van der Waals surface area contributed by atoms with Crippen LogP contribution in [-0.4, -0.2) is 16.9 Å². The third kappa shape index (κ3) is 27.1. The molecule has 0 saturated heterocycles. The van der Waals surface area contributed by atoms with Gasteiger partial charge in [-0.05, 0) is 19.3 Å². The molecular weight excluding hydrogens is 384 g/mol. The average Bonchev–Trinajstić information content (AvgIpc) is 2.75. The highest BCUT2D eigenvalue weighted by Gasteiger charge is 2.02. The van der Waals surface area contributed by atoms with E-state index < -0.39 is 5.97 Å². The van der Waals surface area contributed by atoms with E-state index in [0.717, 1.165) is 38.5 Å². The van der Waals surface area contributed by atoms with E-state index in [1.54, 1.807) is 0 Å². The second-order valence-electron chi connectivity index (χ2n) is 9.61. The third-order valence-electron chi connectivity index (χ3n) is 6.41. The van der Waals surface area contributed by atoms with Crippen molar-refractivity contribution >= 4 is 11.8 Å². The van der Waals surface area contributed by atoms with E-state index in [1.807, 2.05) is 0 Å². The lowest BCUT2D eigenvalue weighted by molar-refractivity contribution is -0.137. The zero-order chi connectivity index (χ0) is 22.8. The van der Waals surface area contributed by atoms with Crippen molar-refractivity contribution < 1.29 is 14.7 Å². The highest BCUT2D eigenvalue weighted by Crippen LogP contribution is 2.15. The van der Waals surface area contributed by atoms with Crippen molar-refractivity contribution in [2.45, 2.75) is 167 Å². The number of carbonyl (C=O) groups is 2. The van der Waals surface area contributed by atoms with Gasteiger partial charge in [0.1, 0.15) is 5.78 Å². The first-order valence-electron chi connectivity index (χ1n) is 13.9. The fraction of sp³-hybridized carbons (Fsp3) is 0.929. The third-order valence-corrected chi connectivity index (χ3v) is 6.41. The number of hydrogen-bond acceptors (Lipinski definition) is 2.